The third-order valence-electron chi connectivity index (χ3n) is 5.36. The number of hydrogen-bond acceptors (Lipinski definition) is 0. The maximum absolute atomic E-state index is 2.33. The third kappa shape index (κ3) is 1.39. The Morgan fingerprint density at radius 2 is 1.08 bits per heavy atom. The smallest absolute Gasteiger partial charge is 0.00137 e. The lowest BCUT2D eigenvalue weighted by molar-refractivity contribution is 1.71. The lowest BCUT2D eigenvalue weighted by Gasteiger charge is -2.22. The number of fused-ring (bicyclic) bond motifs is 1. The zero-order valence-electron chi connectivity index (χ0n) is 13.1. The molecule has 7 aromatic rings. The van der Waals surface area contributed by atoms with Gasteiger partial charge in [0, 0.05) is 0 Å². The molecule has 0 heteroatoms. The van der Waals surface area contributed by atoms with E-state index in [2.05, 4.69) is 84.9 Å². The molecule has 0 nitrogen and oxygen atoms in total. The van der Waals surface area contributed by atoms with Crippen molar-refractivity contribution in [3.63, 3.8) is 0 Å². The summed E-state index contributed by atoms with van der Waals surface area (Å²) in [4.78, 5) is 0. The van der Waals surface area contributed by atoms with Gasteiger partial charge in [-0.2, -0.15) is 0 Å². The van der Waals surface area contributed by atoms with E-state index in [4.69, 9.17) is 0 Å². The van der Waals surface area contributed by atoms with Crippen LogP contribution in [0.5, 0.6) is 0 Å². The molecule has 24 heavy (non-hydrogen) atoms. The summed E-state index contributed by atoms with van der Waals surface area (Å²) >= 11 is 0. The van der Waals surface area contributed by atoms with Crippen molar-refractivity contribution >= 4 is 43.1 Å². The molecule has 0 aromatic heterocycles. The van der Waals surface area contributed by atoms with E-state index >= 15 is 0 Å². The van der Waals surface area contributed by atoms with Crippen molar-refractivity contribution in [2.75, 3.05) is 0 Å². The van der Waals surface area contributed by atoms with Crippen molar-refractivity contribution in [1.82, 2.24) is 0 Å². The van der Waals surface area contributed by atoms with E-state index in [9.17, 15) is 0 Å². The summed E-state index contributed by atoms with van der Waals surface area (Å²) in [5.74, 6) is 0. The van der Waals surface area contributed by atoms with Crippen molar-refractivity contribution in [2.24, 2.45) is 0 Å². The van der Waals surface area contributed by atoms with E-state index < -0.39 is 0 Å². The lowest BCUT2D eigenvalue weighted by atomic mass is 9.80. The Bertz CT molecular complexity index is 1310. The first kappa shape index (κ1) is 12.3. The molecular weight excluding hydrogens is 288 g/mol. The van der Waals surface area contributed by atoms with Gasteiger partial charge in [-0.3, -0.25) is 0 Å². The molecule has 0 amide bonds. The molecule has 0 fully saturated rings. The molecule has 0 spiro atoms. The highest BCUT2D eigenvalue weighted by molar-refractivity contribution is 6.41. The van der Waals surface area contributed by atoms with Crippen molar-refractivity contribution in [1.29, 1.82) is 0 Å². The van der Waals surface area contributed by atoms with E-state index in [1.54, 1.807) is 0 Å². The first-order chi connectivity index (χ1) is 11.9. The molecule has 0 saturated carbocycles. The average Bonchev–Trinajstić information content (AvgIpc) is 2.67. The van der Waals surface area contributed by atoms with Crippen molar-refractivity contribution in [3.05, 3.63) is 84.9 Å². The summed E-state index contributed by atoms with van der Waals surface area (Å²) in [5.41, 5.74) is 2.70. The van der Waals surface area contributed by atoms with Crippen LogP contribution in [0, 0.1) is 0 Å². The molecule has 0 saturated heterocycles. The number of rotatable bonds is 1. The average molecular weight is 302 g/mol. The van der Waals surface area contributed by atoms with Gasteiger partial charge in [-0.1, -0.05) is 78.9 Å². The highest BCUT2D eigenvalue weighted by atomic mass is 14.2. The van der Waals surface area contributed by atoms with Crippen LogP contribution in [-0.4, -0.2) is 0 Å². The van der Waals surface area contributed by atoms with Crippen molar-refractivity contribution in [3.8, 4) is 11.1 Å². The minimum absolute atomic E-state index is 1.30. The molecule has 0 unspecified atom stereocenters. The molecule has 0 aliphatic rings. The van der Waals surface area contributed by atoms with E-state index in [0.29, 0.717) is 0 Å². The van der Waals surface area contributed by atoms with E-state index in [1.807, 2.05) is 0 Å². The summed E-state index contributed by atoms with van der Waals surface area (Å²) < 4.78 is 0. The Morgan fingerprint density at radius 1 is 0.417 bits per heavy atom. The maximum Gasteiger partial charge on any atom is -0.00137 e. The van der Waals surface area contributed by atoms with Gasteiger partial charge in [-0.05, 0) is 60.3 Å². The summed E-state index contributed by atoms with van der Waals surface area (Å²) in [5, 5.41) is 11.0. The van der Waals surface area contributed by atoms with Crippen LogP contribution in [0.1, 0.15) is 0 Å². The zero-order valence-corrected chi connectivity index (χ0v) is 13.1. The molecule has 110 valence electrons. The Balaban J connectivity index is 1.81. The van der Waals surface area contributed by atoms with Gasteiger partial charge in [0.1, 0.15) is 0 Å². The van der Waals surface area contributed by atoms with Crippen LogP contribution in [0.25, 0.3) is 54.2 Å². The summed E-state index contributed by atoms with van der Waals surface area (Å²) in [7, 11) is 0. The monoisotopic (exact) mass is 302 g/mol. The largest absolute Gasteiger partial charge is 0.0616 e. The molecule has 0 radical (unpaired) electrons. The number of benzene rings is 7. The SMILES string of the molecule is c1ccc2cc(-c3c4ccccc4c4c5cccc4c35)ccc2c1. The first-order valence-electron chi connectivity index (χ1n) is 8.39. The van der Waals surface area contributed by atoms with Crippen LogP contribution in [0.4, 0.5) is 0 Å². The Hall–Kier alpha value is -3.12. The van der Waals surface area contributed by atoms with Gasteiger partial charge in [0.2, 0.25) is 0 Å². The van der Waals surface area contributed by atoms with Crippen LogP contribution >= 0.6 is 0 Å². The second kappa shape index (κ2) is 4.24. The minimum Gasteiger partial charge on any atom is -0.0616 e. The Kier molecular flexibility index (Phi) is 2.18. The Morgan fingerprint density at radius 3 is 1.92 bits per heavy atom. The van der Waals surface area contributed by atoms with Gasteiger partial charge >= 0.3 is 0 Å². The van der Waals surface area contributed by atoms with Crippen LogP contribution in [0.15, 0.2) is 84.9 Å². The molecule has 4 bridgehead atoms. The van der Waals surface area contributed by atoms with Gasteiger partial charge in [-0.25, -0.2) is 0 Å². The third-order valence-corrected chi connectivity index (χ3v) is 5.36. The molecule has 7 rings (SSSR count). The van der Waals surface area contributed by atoms with Crippen LogP contribution in [0.3, 0.4) is 0 Å². The first-order valence-corrected chi connectivity index (χ1v) is 8.39. The van der Waals surface area contributed by atoms with Crippen LogP contribution in [0.2, 0.25) is 0 Å². The maximum atomic E-state index is 2.33. The molecule has 0 heterocycles. The fraction of sp³-hybridized carbons (Fsp3) is 0. The fourth-order valence-electron chi connectivity index (χ4n) is 4.31. The molecule has 0 N–H and O–H groups in total. The number of hydrogen-bond donors (Lipinski definition) is 0. The standard InChI is InChI=1S/C24H14/c1-2-7-16-14-17(13-12-15(16)6-1)22-18-8-3-4-9-19(18)23-20-10-5-11-21(23)24(20)22/h1-14H. The topological polar surface area (TPSA) is 0 Å². The summed E-state index contributed by atoms with van der Waals surface area (Å²) in [6, 6.07) is 30.9. The second-order valence-corrected chi connectivity index (χ2v) is 6.59. The predicted octanol–water partition coefficient (Wildman–Crippen LogP) is 6.84. The van der Waals surface area contributed by atoms with Crippen molar-refractivity contribution < 1.29 is 0 Å². The molecule has 0 aliphatic heterocycles. The highest BCUT2D eigenvalue weighted by Crippen LogP contribution is 2.49. The quantitative estimate of drug-likeness (QED) is 0.230. The van der Waals surface area contributed by atoms with Gasteiger partial charge < -0.3 is 0 Å². The normalized spacial score (nSPS) is 12.2. The predicted molar refractivity (Wildman–Crippen MR) is 104 cm³/mol. The van der Waals surface area contributed by atoms with Gasteiger partial charge in [0.25, 0.3) is 0 Å². The highest BCUT2D eigenvalue weighted by Gasteiger charge is 2.21. The zero-order chi connectivity index (χ0) is 15.7. The molecule has 0 atom stereocenters. The summed E-state index contributed by atoms with van der Waals surface area (Å²) in [6.07, 6.45) is 0. The fourth-order valence-corrected chi connectivity index (χ4v) is 4.31. The lowest BCUT2D eigenvalue weighted by Crippen LogP contribution is -1.94. The van der Waals surface area contributed by atoms with E-state index in [0.717, 1.165) is 0 Å². The van der Waals surface area contributed by atoms with Crippen molar-refractivity contribution in [2.45, 2.75) is 0 Å². The van der Waals surface area contributed by atoms with Crippen LogP contribution in [-0.2, 0) is 0 Å². The Labute approximate surface area is 139 Å². The molecular formula is C24H14. The van der Waals surface area contributed by atoms with E-state index in [1.165, 1.54) is 54.2 Å². The van der Waals surface area contributed by atoms with Gasteiger partial charge in [-0.15, -0.1) is 0 Å². The van der Waals surface area contributed by atoms with Crippen LogP contribution < -0.4 is 0 Å². The minimum atomic E-state index is 1.30. The van der Waals surface area contributed by atoms with Gasteiger partial charge in [0.05, 0.1) is 0 Å². The molecule has 0 aliphatic carbocycles. The summed E-state index contributed by atoms with van der Waals surface area (Å²) in [6.45, 7) is 0. The molecule has 7 aromatic carbocycles. The second-order valence-electron chi connectivity index (χ2n) is 6.59. The van der Waals surface area contributed by atoms with Gasteiger partial charge in [0.15, 0.2) is 0 Å². The van der Waals surface area contributed by atoms with E-state index in [-0.39, 0.29) is 0 Å².